The van der Waals surface area contributed by atoms with Crippen LogP contribution >= 0.6 is 11.3 Å². The molecule has 1 heterocycles. The van der Waals surface area contributed by atoms with Crippen molar-refractivity contribution >= 4 is 17.2 Å². The summed E-state index contributed by atoms with van der Waals surface area (Å²) in [6.07, 6.45) is -4.54. The second-order valence-electron chi connectivity index (χ2n) is 3.88. The molecule has 0 radical (unpaired) electrons. The van der Waals surface area contributed by atoms with Crippen molar-refractivity contribution in [2.75, 3.05) is 19.7 Å². The molecule has 0 spiro atoms. The Morgan fingerprint density at radius 2 is 2.16 bits per heavy atom. The van der Waals surface area contributed by atoms with Gasteiger partial charge in [-0.25, -0.2) is 0 Å². The van der Waals surface area contributed by atoms with Crippen LogP contribution in [-0.2, 0) is 11.3 Å². The molecule has 0 fully saturated rings. The molecule has 0 aliphatic rings. The fraction of sp³-hybridized carbons (Fsp3) is 0.600. The third kappa shape index (κ3) is 4.67. The van der Waals surface area contributed by atoms with Gasteiger partial charge in [-0.2, -0.15) is 13.2 Å². The molecule has 1 N–H and O–H groups in total. The Morgan fingerprint density at radius 3 is 2.58 bits per heavy atom. The van der Waals surface area contributed by atoms with Crippen molar-refractivity contribution in [1.29, 1.82) is 0 Å². The molecule has 0 aliphatic heterocycles. The summed E-state index contributed by atoms with van der Waals surface area (Å²) in [4.78, 5) is 23.2. The molecule has 0 saturated heterocycles. The van der Waals surface area contributed by atoms with E-state index in [9.17, 15) is 22.8 Å². The molecule has 0 aromatic carbocycles. The first-order chi connectivity index (χ1) is 8.74. The number of thiazole rings is 1. The topological polar surface area (TPSA) is 62.5 Å². The number of aliphatic hydroxyl groups is 1. The zero-order chi connectivity index (χ0) is 14.6. The fourth-order valence-corrected chi connectivity index (χ4v) is 2.19. The van der Waals surface area contributed by atoms with Crippen LogP contribution in [0.25, 0.3) is 0 Å². The van der Waals surface area contributed by atoms with E-state index in [1.165, 1.54) is 5.38 Å². The Bertz CT molecular complexity index is 495. The van der Waals surface area contributed by atoms with Crippen LogP contribution < -0.4 is 4.87 Å². The van der Waals surface area contributed by atoms with Gasteiger partial charge in [0.05, 0.1) is 6.61 Å². The van der Waals surface area contributed by atoms with Crippen molar-refractivity contribution in [3.05, 3.63) is 20.7 Å². The molecule has 19 heavy (non-hydrogen) atoms. The van der Waals surface area contributed by atoms with Crippen LogP contribution in [0.1, 0.15) is 5.69 Å². The third-order valence-corrected chi connectivity index (χ3v) is 3.24. The zero-order valence-corrected chi connectivity index (χ0v) is 10.9. The van der Waals surface area contributed by atoms with Crippen LogP contribution in [0.2, 0.25) is 0 Å². The number of carbonyl (C=O) groups excluding carboxylic acids is 1. The lowest BCUT2D eigenvalue weighted by Crippen LogP contribution is -2.43. The smallest absolute Gasteiger partial charge is 0.395 e. The lowest BCUT2D eigenvalue weighted by molar-refractivity contribution is -0.162. The molecule has 5 nitrogen and oxygen atoms in total. The number of rotatable bonds is 5. The van der Waals surface area contributed by atoms with Crippen LogP contribution in [-0.4, -0.2) is 46.4 Å². The summed E-state index contributed by atoms with van der Waals surface area (Å²) < 4.78 is 38.0. The van der Waals surface area contributed by atoms with Gasteiger partial charge >= 0.3 is 11.0 Å². The van der Waals surface area contributed by atoms with E-state index in [1.54, 1.807) is 6.92 Å². The van der Waals surface area contributed by atoms with Gasteiger partial charge in [-0.3, -0.25) is 14.2 Å². The van der Waals surface area contributed by atoms with Gasteiger partial charge in [0.15, 0.2) is 0 Å². The highest BCUT2D eigenvalue weighted by Crippen LogP contribution is 2.16. The standard InChI is InChI=1S/C10H13F3N2O3S/c1-7-5-19-9(18)15(7)4-8(17)14(2-3-16)6-10(11,12)13/h5,16H,2-4,6H2,1H3. The first-order valence-corrected chi connectivity index (χ1v) is 6.23. The second-order valence-corrected chi connectivity index (χ2v) is 4.70. The second kappa shape index (κ2) is 6.20. The number of amides is 1. The SMILES string of the molecule is Cc1csc(=O)n1CC(=O)N(CCO)CC(F)(F)F. The van der Waals surface area contributed by atoms with E-state index >= 15 is 0 Å². The highest BCUT2D eigenvalue weighted by Gasteiger charge is 2.32. The minimum atomic E-state index is -4.54. The van der Waals surface area contributed by atoms with Crippen LogP contribution in [0.15, 0.2) is 10.2 Å². The van der Waals surface area contributed by atoms with Crippen molar-refractivity contribution in [3.8, 4) is 0 Å². The number of aromatic nitrogens is 1. The average Bonchev–Trinajstić information content (AvgIpc) is 2.58. The first kappa shape index (κ1) is 15.7. The molecule has 0 atom stereocenters. The van der Waals surface area contributed by atoms with E-state index in [2.05, 4.69) is 0 Å². The number of nitrogens with zero attached hydrogens (tertiary/aromatic N) is 2. The fourth-order valence-electron chi connectivity index (χ4n) is 1.46. The lowest BCUT2D eigenvalue weighted by Gasteiger charge is -2.23. The minimum absolute atomic E-state index is 0.401. The van der Waals surface area contributed by atoms with E-state index in [-0.39, 0.29) is 0 Å². The summed E-state index contributed by atoms with van der Waals surface area (Å²) in [6.45, 7) is -1.30. The number of alkyl halides is 3. The monoisotopic (exact) mass is 298 g/mol. The molecule has 0 bridgehead atoms. The molecule has 0 aliphatic carbocycles. The maximum absolute atomic E-state index is 12.3. The molecular weight excluding hydrogens is 285 g/mol. The molecule has 1 amide bonds. The van der Waals surface area contributed by atoms with Crippen LogP contribution in [0.5, 0.6) is 0 Å². The van der Waals surface area contributed by atoms with Crippen molar-refractivity contribution in [2.24, 2.45) is 0 Å². The maximum atomic E-state index is 12.3. The van der Waals surface area contributed by atoms with Crippen molar-refractivity contribution in [2.45, 2.75) is 19.6 Å². The molecule has 108 valence electrons. The molecule has 1 rings (SSSR count). The van der Waals surface area contributed by atoms with E-state index in [0.717, 1.165) is 15.9 Å². The van der Waals surface area contributed by atoms with Gasteiger partial charge in [0.25, 0.3) is 0 Å². The number of halogens is 3. The summed E-state index contributed by atoms with van der Waals surface area (Å²) in [5.74, 6) is -0.852. The van der Waals surface area contributed by atoms with Crippen LogP contribution in [0.3, 0.4) is 0 Å². The van der Waals surface area contributed by atoms with E-state index in [1.807, 2.05) is 0 Å². The quantitative estimate of drug-likeness (QED) is 0.866. The number of hydrogen-bond donors (Lipinski definition) is 1. The van der Waals surface area contributed by atoms with Crippen molar-refractivity contribution < 1.29 is 23.1 Å². The number of hydrogen-bond acceptors (Lipinski definition) is 4. The lowest BCUT2D eigenvalue weighted by atomic mass is 10.4. The highest BCUT2D eigenvalue weighted by atomic mass is 32.1. The van der Waals surface area contributed by atoms with Crippen LogP contribution in [0.4, 0.5) is 13.2 Å². The Hall–Kier alpha value is -1.35. The maximum Gasteiger partial charge on any atom is 0.406 e. The Kier molecular flexibility index (Phi) is 5.12. The van der Waals surface area contributed by atoms with Gasteiger partial charge in [0, 0.05) is 17.6 Å². The third-order valence-electron chi connectivity index (χ3n) is 2.36. The van der Waals surface area contributed by atoms with Gasteiger partial charge in [-0.1, -0.05) is 11.3 Å². The zero-order valence-electron chi connectivity index (χ0n) is 10.1. The predicted molar refractivity (Wildman–Crippen MR) is 63.0 cm³/mol. The number of aliphatic hydroxyl groups excluding tert-OH is 1. The van der Waals surface area contributed by atoms with E-state index in [4.69, 9.17) is 5.11 Å². The normalized spacial score (nSPS) is 11.6. The molecule has 1 aromatic heterocycles. The molecule has 0 saturated carbocycles. The molecule has 0 unspecified atom stereocenters. The number of carbonyl (C=O) groups is 1. The van der Waals surface area contributed by atoms with Gasteiger partial charge in [0.2, 0.25) is 5.91 Å². The van der Waals surface area contributed by atoms with E-state index in [0.29, 0.717) is 10.6 Å². The average molecular weight is 298 g/mol. The van der Waals surface area contributed by atoms with Gasteiger partial charge in [0.1, 0.15) is 13.1 Å². The largest absolute Gasteiger partial charge is 0.406 e. The van der Waals surface area contributed by atoms with Crippen LogP contribution in [0, 0.1) is 6.92 Å². The van der Waals surface area contributed by atoms with Crippen molar-refractivity contribution in [3.63, 3.8) is 0 Å². The highest BCUT2D eigenvalue weighted by molar-refractivity contribution is 7.07. The first-order valence-electron chi connectivity index (χ1n) is 5.35. The Morgan fingerprint density at radius 1 is 1.53 bits per heavy atom. The molecule has 9 heteroatoms. The summed E-state index contributed by atoms with van der Waals surface area (Å²) in [5, 5.41) is 10.2. The Balaban J connectivity index is 2.80. The molecular formula is C10H13F3N2O3S. The van der Waals surface area contributed by atoms with Gasteiger partial charge < -0.3 is 10.0 Å². The summed E-state index contributed by atoms with van der Waals surface area (Å²) >= 11 is 0.876. The minimum Gasteiger partial charge on any atom is -0.395 e. The van der Waals surface area contributed by atoms with Gasteiger partial charge in [-0.05, 0) is 6.92 Å². The van der Waals surface area contributed by atoms with Crippen molar-refractivity contribution in [1.82, 2.24) is 9.47 Å². The number of aryl methyl sites for hydroxylation is 1. The summed E-state index contributed by atoms with van der Waals surface area (Å²) in [7, 11) is 0. The van der Waals surface area contributed by atoms with Gasteiger partial charge in [-0.15, -0.1) is 0 Å². The summed E-state index contributed by atoms with van der Waals surface area (Å²) in [5.41, 5.74) is 0.513. The molecule has 1 aromatic rings. The van der Waals surface area contributed by atoms with E-state index < -0.39 is 43.2 Å². The summed E-state index contributed by atoms with van der Waals surface area (Å²) in [6, 6.07) is 0. The predicted octanol–water partition coefficient (Wildman–Crippen LogP) is 0.601. The Labute approximate surface area is 110 Å².